The Hall–Kier alpha value is -2.67. The molecule has 0 saturated carbocycles. The SMILES string of the molecule is CNC(=O)C(Cc1ccccc1)N(Cc1ccc(Cl)cc1Cl)C(=O)CSCc1ccc(OC)cc1. The van der Waals surface area contributed by atoms with Crippen molar-refractivity contribution in [3.8, 4) is 5.75 Å². The first-order chi connectivity index (χ1) is 16.9. The van der Waals surface area contributed by atoms with Crippen LogP contribution in [-0.4, -0.2) is 42.7 Å². The maximum absolute atomic E-state index is 13.5. The first kappa shape index (κ1) is 26.9. The first-order valence-electron chi connectivity index (χ1n) is 11.1. The van der Waals surface area contributed by atoms with Gasteiger partial charge in [-0.15, -0.1) is 11.8 Å². The lowest BCUT2D eigenvalue weighted by Gasteiger charge is -2.31. The van der Waals surface area contributed by atoms with Crippen molar-refractivity contribution in [3.63, 3.8) is 0 Å². The number of methoxy groups -OCH3 is 1. The minimum atomic E-state index is -0.691. The second-order valence-corrected chi connectivity index (χ2v) is 9.75. The highest BCUT2D eigenvalue weighted by Gasteiger charge is 2.30. The fourth-order valence-corrected chi connectivity index (χ4v) is 4.95. The molecule has 1 unspecified atom stereocenters. The van der Waals surface area contributed by atoms with E-state index in [1.807, 2.05) is 54.6 Å². The molecule has 184 valence electrons. The molecule has 2 amide bonds. The zero-order chi connectivity index (χ0) is 25.2. The van der Waals surface area contributed by atoms with E-state index in [0.29, 0.717) is 22.2 Å². The molecule has 0 bridgehead atoms. The van der Waals surface area contributed by atoms with E-state index in [4.69, 9.17) is 27.9 Å². The van der Waals surface area contributed by atoms with Crippen molar-refractivity contribution in [2.45, 2.75) is 24.8 Å². The number of thioether (sulfide) groups is 1. The molecule has 3 aromatic rings. The molecule has 1 N–H and O–H groups in total. The predicted molar refractivity (Wildman–Crippen MR) is 144 cm³/mol. The second kappa shape index (κ2) is 13.4. The van der Waals surface area contributed by atoms with Gasteiger partial charge in [0, 0.05) is 35.8 Å². The number of carbonyl (C=O) groups excluding carboxylic acids is 2. The minimum Gasteiger partial charge on any atom is -0.497 e. The molecular weight excluding hydrogens is 503 g/mol. The van der Waals surface area contributed by atoms with Gasteiger partial charge in [-0.3, -0.25) is 9.59 Å². The van der Waals surface area contributed by atoms with Gasteiger partial charge in [-0.2, -0.15) is 0 Å². The van der Waals surface area contributed by atoms with Gasteiger partial charge in [0.1, 0.15) is 11.8 Å². The molecule has 3 aromatic carbocycles. The molecule has 0 aliphatic heterocycles. The summed E-state index contributed by atoms with van der Waals surface area (Å²) in [5, 5.41) is 3.69. The van der Waals surface area contributed by atoms with E-state index in [1.54, 1.807) is 37.3 Å². The Morgan fingerprint density at radius 1 is 1.00 bits per heavy atom. The normalized spacial score (nSPS) is 11.5. The number of benzene rings is 3. The zero-order valence-corrected chi connectivity index (χ0v) is 22.0. The third kappa shape index (κ3) is 7.92. The summed E-state index contributed by atoms with van der Waals surface area (Å²) in [6.45, 7) is 0.197. The van der Waals surface area contributed by atoms with Gasteiger partial charge < -0.3 is 15.0 Å². The number of nitrogens with one attached hydrogen (secondary N) is 1. The summed E-state index contributed by atoms with van der Waals surface area (Å²) < 4.78 is 5.20. The monoisotopic (exact) mass is 530 g/mol. The molecule has 0 radical (unpaired) electrons. The standard InChI is InChI=1S/C27H28Cl2N2O3S/c1-30-27(33)25(14-19-6-4-3-5-7-19)31(16-21-10-11-22(28)15-24(21)29)26(32)18-35-17-20-8-12-23(34-2)13-9-20/h3-13,15,25H,14,16-18H2,1-2H3,(H,30,33). The maximum atomic E-state index is 13.5. The molecule has 0 aliphatic carbocycles. The molecule has 0 aromatic heterocycles. The van der Waals surface area contributed by atoms with Crippen LogP contribution in [0.15, 0.2) is 72.8 Å². The van der Waals surface area contributed by atoms with Gasteiger partial charge in [-0.05, 0) is 41.0 Å². The van der Waals surface area contributed by atoms with E-state index < -0.39 is 6.04 Å². The van der Waals surface area contributed by atoms with Crippen molar-refractivity contribution in [2.24, 2.45) is 0 Å². The van der Waals surface area contributed by atoms with Crippen molar-refractivity contribution < 1.29 is 14.3 Å². The Morgan fingerprint density at radius 3 is 2.34 bits per heavy atom. The van der Waals surface area contributed by atoms with Gasteiger partial charge in [-0.25, -0.2) is 0 Å². The summed E-state index contributed by atoms with van der Waals surface area (Å²) in [6.07, 6.45) is 0.389. The van der Waals surface area contributed by atoms with Crippen LogP contribution < -0.4 is 10.1 Å². The fourth-order valence-electron chi connectivity index (χ4n) is 3.61. The van der Waals surface area contributed by atoms with Crippen LogP contribution in [0, 0.1) is 0 Å². The summed E-state index contributed by atoms with van der Waals surface area (Å²) in [4.78, 5) is 28.1. The molecule has 35 heavy (non-hydrogen) atoms. The Kier molecular flexibility index (Phi) is 10.3. The van der Waals surface area contributed by atoms with Crippen LogP contribution in [0.3, 0.4) is 0 Å². The van der Waals surface area contributed by atoms with Crippen LogP contribution in [0.4, 0.5) is 0 Å². The van der Waals surface area contributed by atoms with Gasteiger partial charge >= 0.3 is 0 Å². The molecule has 1 atom stereocenters. The number of likely N-dealkylation sites (N-methyl/N-ethyl adjacent to an activating group) is 1. The average molecular weight is 532 g/mol. The van der Waals surface area contributed by atoms with E-state index >= 15 is 0 Å². The van der Waals surface area contributed by atoms with Crippen molar-refractivity contribution in [1.82, 2.24) is 10.2 Å². The van der Waals surface area contributed by atoms with Gasteiger partial charge in [0.05, 0.1) is 12.9 Å². The zero-order valence-electron chi connectivity index (χ0n) is 19.7. The van der Waals surface area contributed by atoms with Crippen LogP contribution >= 0.6 is 35.0 Å². The Labute approximate surface area is 220 Å². The molecule has 8 heteroatoms. The van der Waals surface area contributed by atoms with E-state index in [1.165, 1.54) is 11.8 Å². The highest BCUT2D eigenvalue weighted by atomic mass is 35.5. The van der Waals surface area contributed by atoms with E-state index in [0.717, 1.165) is 22.4 Å². The van der Waals surface area contributed by atoms with E-state index in [9.17, 15) is 9.59 Å². The number of hydrogen-bond donors (Lipinski definition) is 1. The Morgan fingerprint density at radius 2 is 1.71 bits per heavy atom. The highest BCUT2D eigenvalue weighted by molar-refractivity contribution is 7.99. The summed E-state index contributed by atoms with van der Waals surface area (Å²) in [6, 6.07) is 21.9. The van der Waals surface area contributed by atoms with Crippen LogP contribution in [0.1, 0.15) is 16.7 Å². The van der Waals surface area contributed by atoms with Crippen LogP contribution in [0.2, 0.25) is 10.0 Å². The highest BCUT2D eigenvalue weighted by Crippen LogP contribution is 2.25. The molecule has 0 heterocycles. The summed E-state index contributed by atoms with van der Waals surface area (Å²) >= 11 is 14.0. The average Bonchev–Trinajstić information content (AvgIpc) is 2.87. The molecule has 0 aliphatic rings. The van der Waals surface area contributed by atoms with Crippen molar-refractivity contribution in [3.05, 3.63) is 99.5 Å². The Bertz CT molecular complexity index is 1130. The van der Waals surface area contributed by atoms with Crippen molar-refractivity contribution in [2.75, 3.05) is 19.9 Å². The first-order valence-corrected chi connectivity index (χ1v) is 13.0. The number of amides is 2. The number of rotatable bonds is 11. The lowest BCUT2D eigenvalue weighted by molar-refractivity contribution is -0.139. The third-order valence-corrected chi connectivity index (χ3v) is 7.10. The van der Waals surface area contributed by atoms with Crippen LogP contribution in [0.5, 0.6) is 5.75 Å². The molecular formula is C27H28Cl2N2O3S. The predicted octanol–water partition coefficient (Wildman–Crippen LogP) is 5.62. The second-order valence-electron chi connectivity index (χ2n) is 7.92. The van der Waals surface area contributed by atoms with Gasteiger partial charge in [0.25, 0.3) is 0 Å². The summed E-state index contributed by atoms with van der Waals surface area (Å²) in [7, 11) is 3.21. The smallest absolute Gasteiger partial charge is 0.242 e. The number of carbonyl (C=O) groups is 2. The van der Waals surface area contributed by atoms with Gasteiger partial charge in [-0.1, -0.05) is 71.7 Å². The Balaban J connectivity index is 1.81. The summed E-state index contributed by atoms with van der Waals surface area (Å²) in [5.74, 6) is 1.30. The topological polar surface area (TPSA) is 58.6 Å². The van der Waals surface area contributed by atoms with E-state index in [-0.39, 0.29) is 24.1 Å². The minimum absolute atomic E-state index is 0.140. The third-order valence-electron chi connectivity index (χ3n) is 5.53. The van der Waals surface area contributed by atoms with Crippen molar-refractivity contribution >= 4 is 46.8 Å². The van der Waals surface area contributed by atoms with Gasteiger partial charge in [0.15, 0.2) is 0 Å². The van der Waals surface area contributed by atoms with Crippen LogP contribution in [0.25, 0.3) is 0 Å². The molecule has 0 saturated heterocycles. The molecule has 0 fully saturated rings. The number of halogens is 2. The quantitative estimate of drug-likeness (QED) is 0.349. The van der Waals surface area contributed by atoms with Gasteiger partial charge in [0.2, 0.25) is 11.8 Å². The number of nitrogens with zero attached hydrogens (tertiary/aromatic N) is 1. The largest absolute Gasteiger partial charge is 0.497 e. The molecule has 5 nitrogen and oxygen atoms in total. The van der Waals surface area contributed by atoms with Crippen LogP contribution in [-0.2, 0) is 28.3 Å². The fraction of sp³-hybridized carbons (Fsp3) is 0.259. The van der Waals surface area contributed by atoms with E-state index in [2.05, 4.69) is 5.32 Å². The van der Waals surface area contributed by atoms with Crippen molar-refractivity contribution in [1.29, 1.82) is 0 Å². The lowest BCUT2D eigenvalue weighted by Crippen LogP contribution is -2.50. The molecule has 0 spiro atoms. The maximum Gasteiger partial charge on any atom is 0.242 e. The molecule has 3 rings (SSSR count). The number of ether oxygens (including phenoxy) is 1. The lowest BCUT2D eigenvalue weighted by atomic mass is 10.0. The summed E-state index contributed by atoms with van der Waals surface area (Å²) in [5.41, 5.74) is 2.78. The number of hydrogen-bond acceptors (Lipinski definition) is 4.